The molecule has 0 saturated heterocycles. The molecule has 0 aliphatic heterocycles. The summed E-state index contributed by atoms with van der Waals surface area (Å²) in [5.74, 6) is 0. The van der Waals surface area contributed by atoms with E-state index >= 15 is 0 Å². The minimum absolute atomic E-state index is 0.0807. The third-order valence-electron chi connectivity index (χ3n) is 1.85. The molecule has 1 aromatic rings. The van der Waals surface area contributed by atoms with Crippen molar-refractivity contribution in [3.8, 4) is 6.07 Å². The Labute approximate surface area is 81.4 Å². The Morgan fingerprint density at radius 3 is 2.86 bits per heavy atom. The summed E-state index contributed by atoms with van der Waals surface area (Å²) in [5, 5.41) is 27.5. The number of aliphatic hydroxyl groups excluding tert-OH is 2. The van der Waals surface area contributed by atoms with Crippen LogP contribution in [0.2, 0.25) is 0 Å². The van der Waals surface area contributed by atoms with E-state index in [1.165, 1.54) is 12.3 Å². The predicted molar refractivity (Wildman–Crippen MR) is 49.0 cm³/mol. The van der Waals surface area contributed by atoms with Gasteiger partial charge < -0.3 is 15.9 Å². The highest BCUT2D eigenvalue weighted by Gasteiger charge is 2.20. The highest BCUT2D eigenvalue weighted by molar-refractivity contribution is 5.34. The lowest BCUT2D eigenvalue weighted by Gasteiger charge is -2.15. The van der Waals surface area contributed by atoms with Crippen molar-refractivity contribution in [3.05, 3.63) is 29.6 Å². The summed E-state index contributed by atoms with van der Waals surface area (Å²) in [6.45, 7) is -0.0807. The Bertz CT molecular complexity index is 348. The van der Waals surface area contributed by atoms with E-state index in [2.05, 4.69) is 4.98 Å². The monoisotopic (exact) mass is 193 g/mol. The number of nitrogens with zero attached hydrogens (tertiary/aromatic N) is 2. The molecule has 2 atom stereocenters. The summed E-state index contributed by atoms with van der Waals surface area (Å²) >= 11 is 0. The Kier molecular flexibility index (Phi) is 3.54. The van der Waals surface area contributed by atoms with E-state index in [-0.39, 0.29) is 17.8 Å². The van der Waals surface area contributed by atoms with Gasteiger partial charge in [0, 0.05) is 12.7 Å². The van der Waals surface area contributed by atoms with Crippen LogP contribution in [0.4, 0.5) is 0 Å². The van der Waals surface area contributed by atoms with Gasteiger partial charge in [0.25, 0.3) is 0 Å². The maximum atomic E-state index is 9.56. The van der Waals surface area contributed by atoms with E-state index in [1.807, 2.05) is 6.07 Å². The summed E-state index contributed by atoms with van der Waals surface area (Å²) in [6.07, 6.45) is -0.865. The molecule has 0 fully saturated rings. The number of rotatable bonds is 3. The van der Waals surface area contributed by atoms with Crippen molar-refractivity contribution in [1.29, 1.82) is 5.26 Å². The minimum Gasteiger partial charge on any atom is -0.389 e. The lowest BCUT2D eigenvalue weighted by molar-refractivity contribution is 0.0215. The summed E-state index contributed by atoms with van der Waals surface area (Å²) in [6, 6.07) is 4.99. The standard InChI is InChI=1S/C9H11N3O2/c10-4-6-2-1-3-12-8(6)9(14)7(13)5-11/h1-3,7,9,13-14H,5,11H2. The lowest BCUT2D eigenvalue weighted by Crippen LogP contribution is -2.28. The van der Waals surface area contributed by atoms with E-state index in [0.717, 1.165) is 0 Å². The lowest BCUT2D eigenvalue weighted by atomic mass is 10.1. The molecule has 5 nitrogen and oxygen atoms in total. The molecule has 5 heteroatoms. The van der Waals surface area contributed by atoms with Crippen molar-refractivity contribution in [3.63, 3.8) is 0 Å². The second-order valence-electron chi connectivity index (χ2n) is 2.80. The van der Waals surface area contributed by atoms with Gasteiger partial charge in [-0.3, -0.25) is 4.98 Å². The van der Waals surface area contributed by atoms with Crippen LogP contribution in [-0.4, -0.2) is 27.8 Å². The van der Waals surface area contributed by atoms with Crippen molar-refractivity contribution in [2.24, 2.45) is 5.73 Å². The summed E-state index contributed by atoms with van der Waals surface area (Å²) < 4.78 is 0. The molecule has 0 saturated carbocycles. The zero-order valence-corrected chi connectivity index (χ0v) is 7.46. The Hall–Kier alpha value is -1.48. The third kappa shape index (κ3) is 2.06. The Morgan fingerprint density at radius 1 is 1.57 bits per heavy atom. The quantitative estimate of drug-likeness (QED) is 0.589. The van der Waals surface area contributed by atoms with Crippen LogP contribution >= 0.6 is 0 Å². The molecule has 1 aromatic heterocycles. The van der Waals surface area contributed by atoms with Crippen LogP contribution in [0.5, 0.6) is 0 Å². The fourth-order valence-electron chi connectivity index (χ4n) is 1.06. The van der Waals surface area contributed by atoms with Crippen molar-refractivity contribution < 1.29 is 10.2 Å². The van der Waals surface area contributed by atoms with Gasteiger partial charge in [-0.1, -0.05) is 0 Å². The van der Waals surface area contributed by atoms with Crippen LogP contribution in [0.25, 0.3) is 0 Å². The predicted octanol–water partition coefficient (Wildman–Crippen LogP) is -0.694. The highest BCUT2D eigenvalue weighted by Crippen LogP contribution is 2.17. The average molecular weight is 193 g/mol. The molecule has 1 heterocycles. The number of hydrogen-bond acceptors (Lipinski definition) is 5. The van der Waals surface area contributed by atoms with Crippen LogP contribution in [0.3, 0.4) is 0 Å². The first-order chi connectivity index (χ1) is 6.70. The topological polar surface area (TPSA) is 103 Å². The maximum absolute atomic E-state index is 9.56. The summed E-state index contributed by atoms with van der Waals surface area (Å²) in [7, 11) is 0. The molecular weight excluding hydrogens is 182 g/mol. The molecule has 0 aromatic carbocycles. The fraction of sp³-hybridized carbons (Fsp3) is 0.333. The molecular formula is C9H11N3O2. The fourth-order valence-corrected chi connectivity index (χ4v) is 1.06. The summed E-state index contributed by atoms with van der Waals surface area (Å²) in [4.78, 5) is 3.83. The summed E-state index contributed by atoms with van der Waals surface area (Å²) in [5.41, 5.74) is 5.58. The van der Waals surface area contributed by atoms with E-state index in [9.17, 15) is 10.2 Å². The molecule has 0 spiro atoms. The van der Waals surface area contributed by atoms with Crippen LogP contribution < -0.4 is 5.73 Å². The molecule has 2 unspecified atom stereocenters. The first-order valence-corrected chi connectivity index (χ1v) is 4.12. The van der Waals surface area contributed by atoms with E-state index in [0.29, 0.717) is 0 Å². The van der Waals surface area contributed by atoms with Gasteiger partial charge in [0.1, 0.15) is 12.2 Å². The largest absolute Gasteiger partial charge is 0.389 e. The van der Waals surface area contributed by atoms with Gasteiger partial charge in [-0.05, 0) is 12.1 Å². The highest BCUT2D eigenvalue weighted by atomic mass is 16.3. The van der Waals surface area contributed by atoms with Gasteiger partial charge >= 0.3 is 0 Å². The van der Waals surface area contributed by atoms with Crippen molar-refractivity contribution in [2.45, 2.75) is 12.2 Å². The number of aromatic nitrogens is 1. The minimum atomic E-state index is -1.21. The van der Waals surface area contributed by atoms with Crippen LogP contribution in [0, 0.1) is 11.3 Å². The first kappa shape index (κ1) is 10.6. The van der Waals surface area contributed by atoms with Crippen LogP contribution in [0.15, 0.2) is 18.3 Å². The average Bonchev–Trinajstić information content (AvgIpc) is 2.26. The van der Waals surface area contributed by atoms with E-state index in [4.69, 9.17) is 11.0 Å². The van der Waals surface area contributed by atoms with Gasteiger partial charge in [-0.15, -0.1) is 0 Å². The van der Waals surface area contributed by atoms with Gasteiger partial charge in [-0.25, -0.2) is 0 Å². The first-order valence-electron chi connectivity index (χ1n) is 4.12. The molecule has 14 heavy (non-hydrogen) atoms. The molecule has 0 aliphatic carbocycles. The van der Waals surface area contributed by atoms with Gasteiger partial charge in [0.15, 0.2) is 0 Å². The van der Waals surface area contributed by atoms with Crippen LogP contribution in [-0.2, 0) is 0 Å². The molecule has 0 aliphatic rings. The number of nitriles is 1. The molecule has 74 valence electrons. The normalized spacial score (nSPS) is 14.4. The van der Waals surface area contributed by atoms with Gasteiger partial charge in [0.2, 0.25) is 0 Å². The second-order valence-corrected chi connectivity index (χ2v) is 2.80. The number of hydrogen-bond donors (Lipinski definition) is 3. The van der Waals surface area contributed by atoms with E-state index < -0.39 is 12.2 Å². The zero-order valence-electron chi connectivity index (χ0n) is 7.46. The van der Waals surface area contributed by atoms with Crippen LogP contribution in [0.1, 0.15) is 17.4 Å². The molecule has 0 amide bonds. The van der Waals surface area contributed by atoms with Crippen molar-refractivity contribution in [1.82, 2.24) is 4.98 Å². The molecule has 0 bridgehead atoms. The van der Waals surface area contributed by atoms with Crippen molar-refractivity contribution in [2.75, 3.05) is 6.54 Å². The molecule has 1 rings (SSSR count). The smallest absolute Gasteiger partial charge is 0.124 e. The Morgan fingerprint density at radius 2 is 2.29 bits per heavy atom. The van der Waals surface area contributed by atoms with Gasteiger partial charge in [0.05, 0.1) is 17.4 Å². The van der Waals surface area contributed by atoms with E-state index in [1.54, 1.807) is 6.07 Å². The van der Waals surface area contributed by atoms with Crippen molar-refractivity contribution >= 4 is 0 Å². The number of pyridine rings is 1. The zero-order chi connectivity index (χ0) is 10.6. The molecule has 0 radical (unpaired) electrons. The molecule has 4 N–H and O–H groups in total. The SMILES string of the molecule is N#Cc1cccnc1C(O)C(O)CN. The second kappa shape index (κ2) is 4.67. The van der Waals surface area contributed by atoms with Gasteiger partial charge in [-0.2, -0.15) is 5.26 Å². The number of nitrogens with two attached hydrogens (primary N) is 1. The number of aliphatic hydroxyl groups is 2. The maximum Gasteiger partial charge on any atom is 0.124 e. The third-order valence-corrected chi connectivity index (χ3v) is 1.85. The Balaban J connectivity index is 3.01.